The van der Waals surface area contributed by atoms with Gasteiger partial charge < -0.3 is 5.73 Å². The number of anilines is 1. The molecule has 0 amide bonds. The summed E-state index contributed by atoms with van der Waals surface area (Å²) in [7, 11) is -3.35. The van der Waals surface area contributed by atoms with Crippen LogP contribution < -0.4 is 10.5 Å². The number of aryl methyl sites for hydroxylation is 1. The molecule has 6 heteroatoms. The Morgan fingerprint density at radius 3 is 2.72 bits per heavy atom. The number of rotatable bonds is 5. The number of sulfonamides is 1. The summed E-state index contributed by atoms with van der Waals surface area (Å²) >= 11 is 0. The van der Waals surface area contributed by atoms with E-state index in [4.69, 9.17) is 11.1 Å². The van der Waals surface area contributed by atoms with Crippen molar-refractivity contribution in [3.8, 4) is 0 Å². The van der Waals surface area contributed by atoms with Crippen LogP contribution in [0, 0.1) is 18.3 Å². The molecular weight excluding hydrogens is 250 g/mol. The SMILES string of the molecule is Cc1cccc(NS(=O)(=O)CC2CC2)c1C(=N)N. The van der Waals surface area contributed by atoms with Crippen molar-refractivity contribution in [1.82, 2.24) is 0 Å². The third-order valence-corrected chi connectivity index (χ3v) is 4.40. The van der Waals surface area contributed by atoms with Crippen LogP contribution >= 0.6 is 0 Å². The molecular formula is C12H17N3O2S. The standard InChI is InChI=1S/C12H17N3O2S/c1-8-3-2-4-10(11(8)12(13)14)15-18(16,17)7-9-5-6-9/h2-4,9,15H,5-7H2,1H3,(H3,13,14). The molecule has 1 fully saturated rings. The first-order valence-corrected chi connectivity index (χ1v) is 7.49. The lowest BCUT2D eigenvalue weighted by atomic mass is 10.1. The van der Waals surface area contributed by atoms with Crippen molar-refractivity contribution in [2.24, 2.45) is 11.7 Å². The van der Waals surface area contributed by atoms with Crippen LogP contribution in [0.4, 0.5) is 5.69 Å². The van der Waals surface area contributed by atoms with E-state index in [1.807, 2.05) is 0 Å². The van der Waals surface area contributed by atoms with Gasteiger partial charge in [0.1, 0.15) is 5.84 Å². The Morgan fingerprint density at radius 1 is 1.50 bits per heavy atom. The molecule has 0 spiro atoms. The Kier molecular flexibility index (Phi) is 3.30. The third kappa shape index (κ3) is 3.01. The maximum Gasteiger partial charge on any atom is 0.233 e. The summed E-state index contributed by atoms with van der Waals surface area (Å²) in [6.07, 6.45) is 1.96. The van der Waals surface area contributed by atoms with Crippen LogP contribution in [-0.2, 0) is 10.0 Å². The van der Waals surface area contributed by atoms with Gasteiger partial charge in [-0.15, -0.1) is 0 Å². The van der Waals surface area contributed by atoms with Crippen LogP contribution in [0.5, 0.6) is 0 Å². The van der Waals surface area contributed by atoms with E-state index in [0.29, 0.717) is 11.3 Å². The summed E-state index contributed by atoms with van der Waals surface area (Å²) < 4.78 is 26.4. The molecule has 2 rings (SSSR count). The highest BCUT2D eigenvalue weighted by molar-refractivity contribution is 7.92. The fourth-order valence-electron chi connectivity index (χ4n) is 1.91. The Balaban J connectivity index is 2.28. The quantitative estimate of drug-likeness (QED) is 0.556. The zero-order chi connectivity index (χ0) is 13.3. The molecule has 0 aliphatic heterocycles. The monoisotopic (exact) mass is 267 g/mol. The largest absolute Gasteiger partial charge is 0.384 e. The molecule has 1 aromatic rings. The molecule has 0 unspecified atom stereocenters. The molecule has 0 aromatic heterocycles. The van der Waals surface area contributed by atoms with Gasteiger partial charge in [0.05, 0.1) is 11.4 Å². The van der Waals surface area contributed by atoms with Crippen LogP contribution in [0.2, 0.25) is 0 Å². The predicted molar refractivity (Wildman–Crippen MR) is 72.3 cm³/mol. The first-order chi connectivity index (χ1) is 8.39. The Labute approximate surface area is 107 Å². The van der Waals surface area contributed by atoms with Gasteiger partial charge in [-0.2, -0.15) is 0 Å². The minimum atomic E-state index is -3.35. The zero-order valence-electron chi connectivity index (χ0n) is 10.2. The second-order valence-electron chi connectivity index (χ2n) is 4.74. The summed E-state index contributed by atoms with van der Waals surface area (Å²) in [5, 5.41) is 7.52. The molecule has 1 aliphatic rings. The van der Waals surface area contributed by atoms with E-state index in [1.54, 1.807) is 25.1 Å². The van der Waals surface area contributed by atoms with E-state index < -0.39 is 10.0 Å². The second-order valence-corrected chi connectivity index (χ2v) is 6.50. The van der Waals surface area contributed by atoms with E-state index in [2.05, 4.69) is 4.72 Å². The number of hydrogen-bond donors (Lipinski definition) is 3. The van der Waals surface area contributed by atoms with Gasteiger partial charge in [0.25, 0.3) is 0 Å². The van der Waals surface area contributed by atoms with Gasteiger partial charge in [0.2, 0.25) is 10.0 Å². The third-order valence-electron chi connectivity index (χ3n) is 2.96. The summed E-state index contributed by atoms with van der Waals surface area (Å²) in [5.74, 6) is 0.309. The number of hydrogen-bond acceptors (Lipinski definition) is 3. The lowest BCUT2D eigenvalue weighted by molar-refractivity contribution is 0.597. The van der Waals surface area contributed by atoms with E-state index in [1.165, 1.54) is 0 Å². The maximum absolute atomic E-state index is 11.9. The van der Waals surface area contributed by atoms with E-state index in [9.17, 15) is 8.42 Å². The summed E-state index contributed by atoms with van der Waals surface area (Å²) in [5.41, 5.74) is 7.13. The van der Waals surface area contributed by atoms with Crippen molar-refractivity contribution < 1.29 is 8.42 Å². The lowest BCUT2D eigenvalue weighted by Gasteiger charge is -2.13. The van der Waals surface area contributed by atoms with Gasteiger partial charge in [-0.25, -0.2) is 8.42 Å². The van der Waals surface area contributed by atoms with Gasteiger partial charge >= 0.3 is 0 Å². The minimum Gasteiger partial charge on any atom is -0.384 e. The van der Waals surface area contributed by atoms with Crippen molar-refractivity contribution in [1.29, 1.82) is 5.41 Å². The highest BCUT2D eigenvalue weighted by Gasteiger charge is 2.28. The number of nitrogens with two attached hydrogens (primary N) is 1. The highest BCUT2D eigenvalue weighted by atomic mass is 32.2. The Bertz CT molecular complexity index is 577. The van der Waals surface area contributed by atoms with E-state index in [-0.39, 0.29) is 17.5 Å². The molecule has 1 aromatic carbocycles. The zero-order valence-corrected chi connectivity index (χ0v) is 11.0. The van der Waals surface area contributed by atoms with Crippen molar-refractivity contribution in [2.45, 2.75) is 19.8 Å². The molecule has 0 saturated heterocycles. The Morgan fingerprint density at radius 2 is 2.17 bits per heavy atom. The molecule has 1 aliphatic carbocycles. The van der Waals surface area contributed by atoms with Crippen molar-refractivity contribution in [3.05, 3.63) is 29.3 Å². The van der Waals surface area contributed by atoms with Crippen LogP contribution in [0.1, 0.15) is 24.0 Å². The molecule has 98 valence electrons. The fourth-order valence-corrected chi connectivity index (χ4v) is 3.46. The summed E-state index contributed by atoms with van der Waals surface area (Å²) in [4.78, 5) is 0. The smallest absolute Gasteiger partial charge is 0.233 e. The van der Waals surface area contributed by atoms with Crippen molar-refractivity contribution >= 4 is 21.5 Å². The van der Waals surface area contributed by atoms with Gasteiger partial charge in [-0.3, -0.25) is 10.1 Å². The topological polar surface area (TPSA) is 96.0 Å². The molecule has 0 radical (unpaired) electrons. The normalized spacial score (nSPS) is 15.4. The number of nitrogens with one attached hydrogen (secondary N) is 2. The minimum absolute atomic E-state index is 0.128. The first kappa shape index (κ1) is 12.9. The molecule has 0 atom stereocenters. The van der Waals surface area contributed by atoms with Gasteiger partial charge in [0.15, 0.2) is 0 Å². The average Bonchev–Trinajstić information content (AvgIpc) is 2.99. The van der Waals surface area contributed by atoms with Crippen LogP contribution in [0.15, 0.2) is 18.2 Å². The van der Waals surface area contributed by atoms with Gasteiger partial charge in [0, 0.05) is 5.56 Å². The fraction of sp³-hybridized carbons (Fsp3) is 0.417. The Hall–Kier alpha value is -1.56. The van der Waals surface area contributed by atoms with Gasteiger partial charge in [-0.05, 0) is 37.3 Å². The van der Waals surface area contributed by atoms with Crippen LogP contribution in [0.25, 0.3) is 0 Å². The molecule has 5 nitrogen and oxygen atoms in total. The molecule has 0 bridgehead atoms. The summed E-state index contributed by atoms with van der Waals surface area (Å²) in [6.45, 7) is 1.80. The molecule has 1 saturated carbocycles. The molecule has 4 N–H and O–H groups in total. The average molecular weight is 267 g/mol. The van der Waals surface area contributed by atoms with E-state index >= 15 is 0 Å². The predicted octanol–water partition coefficient (Wildman–Crippen LogP) is 1.43. The number of benzene rings is 1. The molecule has 18 heavy (non-hydrogen) atoms. The second kappa shape index (κ2) is 4.61. The van der Waals surface area contributed by atoms with Gasteiger partial charge in [-0.1, -0.05) is 12.1 Å². The first-order valence-electron chi connectivity index (χ1n) is 5.83. The number of nitrogen functional groups attached to an aromatic ring is 1. The lowest BCUT2D eigenvalue weighted by Crippen LogP contribution is -2.22. The summed E-state index contributed by atoms with van der Waals surface area (Å²) in [6, 6.07) is 5.18. The van der Waals surface area contributed by atoms with E-state index in [0.717, 1.165) is 18.4 Å². The molecule has 0 heterocycles. The van der Waals surface area contributed by atoms with Crippen LogP contribution in [0.3, 0.4) is 0 Å². The van der Waals surface area contributed by atoms with Crippen molar-refractivity contribution in [2.75, 3.05) is 10.5 Å². The maximum atomic E-state index is 11.9. The highest BCUT2D eigenvalue weighted by Crippen LogP contribution is 2.31. The number of amidine groups is 1. The van der Waals surface area contributed by atoms with Crippen molar-refractivity contribution in [3.63, 3.8) is 0 Å². The van der Waals surface area contributed by atoms with Crippen LogP contribution in [-0.4, -0.2) is 20.0 Å².